The van der Waals surface area contributed by atoms with Gasteiger partial charge >= 0.3 is 0 Å². The summed E-state index contributed by atoms with van der Waals surface area (Å²) in [6.45, 7) is 1.84. The van der Waals surface area contributed by atoms with Crippen LogP contribution in [0.1, 0.15) is 39.6 Å². The smallest absolute Gasteiger partial charge is 0.293 e. The molecule has 0 aliphatic carbocycles. The van der Waals surface area contributed by atoms with Crippen LogP contribution < -0.4 is 16.0 Å². The maximum absolute atomic E-state index is 12.7. The van der Waals surface area contributed by atoms with Gasteiger partial charge in [0.05, 0.1) is 22.9 Å². The molecule has 176 valence electrons. The molecule has 4 rings (SSSR count). The van der Waals surface area contributed by atoms with Gasteiger partial charge in [0.1, 0.15) is 5.69 Å². The summed E-state index contributed by atoms with van der Waals surface area (Å²) in [5, 5.41) is 20.1. The Bertz CT molecular complexity index is 1340. The standard InChI is InChI=1S/C25H21N5O5/c1-16(20-5-2-3-13-26-20)27-21-12-7-17(15-22(21)30(33)34)24(31)28-18-8-10-19(11-9-18)29-25(32)23-6-4-14-35-23/h2-16,27H,1H3,(H,28,31)(H,29,32). The number of nitro groups is 1. The Hall–Kier alpha value is -4.99. The molecule has 2 amide bonds. The zero-order valence-corrected chi connectivity index (χ0v) is 18.6. The zero-order chi connectivity index (χ0) is 24.8. The van der Waals surface area contributed by atoms with Crippen molar-refractivity contribution in [3.05, 3.63) is 112 Å². The minimum absolute atomic E-state index is 0.128. The van der Waals surface area contributed by atoms with E-state index in [1.54, 1.807) is 48.7 Å². The first kappa shape index (κ1) is 23.2. The molecule has 0 radical (unpaired) electrons. The molecule has 0 fully saturated rings. The summed E-state index contributed by atoms with van der Waals surface area (Å²) in [7, 11) is 0. The van der Waals surface area contributed by atoms with Crippen LogP contribution in [0.2, 0.25) is 0 Å². The lowest BCUT2D eigenvalue weighted by atomic mass is 10.1. The van der Waals surface area contributed by atoms with Gasteiger partial charge < -0.3 is 20.4 Å². The number of carbonyl (C=O) groups excluding carboxylic acids is 2. The highest BCUT2D eigenvalue weighted by molar-refractivity contribution is 6.05. The number of pyridine rings is 1. The zero-order valence-electron chi connectivity index (χ0n) is 18.6. The number of nitro benzene ring substituents is 1. The van der Waals surface area contributed by atoms with Gasteiger partial charge in [-0.25, -0.2) is 0 Å². The highest BCUT2D eigenvalue weighted by Gasteiger charge is 2.20. The minimum atomic E-state index is -0.541. The molecule has 2 aromatic heterocycles. The van der Waals surface area contributed by atoms with Gasteiger partial charge in [-0.3, -0.25) is 24.7 Å². The van der Waals surface area contributed by atoms with Gasteiger partial charge in [-0.15, -0.1) is 0 Å². The first-order valence-electron chi connectivity index (χ1n) is 10.6. The van der Waals surface area contributed by atoms with Crippen LogP contribution >= 0.6 is 0 Å². The Morgan fingerprint density at radius 1 is 0.943 bits per heavy atom. The van der Waals surface area contributed by atoms with Crippen LogP contribution in [0.4, 0.5) is 22.7 Å². The quantitative estimate of drug-likeness (QED) is 0.235. The maximum atomic E-state index is 12.7. The van der Waals surface area contributed by atoms with Gasteiger partial charge in [-0.05, 0) is 67.6 Å². The second-order valence-electron chi connectivity index (χ2n) is 7.57. The molecule has 0 aliphatic rings. The summed E-state index contributed by atoms with van der Waals surface area (Å²) < 4.78 is 5.05. The molecule has 0 spiro atoms. The predicted octanol–water partition coefficient (Wildman–Crippen LogP) is 5.26. The average Bonchev–Trinajstić information content (AvgIpc) is 3.41. The highest BCUT2D eigenvalue weighted by Crippen LogP contribution is 2.29. The van der Waals surface area contributed by atoms with Crippen molar-refractivity contribution in [1.29, 1.82) is 0 Å². The topological polar surface area (TPSA) is 139 Å². The van der Waals surface area contributed by atoms with Crippen LogP contribution in [0.25, 0.3) is 0 Å². The second-order valence-corrected chi connectivity index (χ2v) is 7.57. The van der Waals surface area contributed by atoms with Crippen molar-refractivity contribution < 1.29 is 18.9 Å². The van der Waals surface area contributed by atoms with Crippen LogP contribution in [0.5, 0.6) is 0 Å². The Balaban J connectivity index is 1.44. The van der Waals surface area contributed by atoms with E-state index in [1.165, 1.54) is 24.5 Å². The SMILES string of the molecule is CC(Nc1ccc(C(=O)Nc2ccc(NC(=O)c3ccco3)cc2)cc1[N+](=O)[O-])c1ccccn1. The lowest BCUT2D eigenvalue weighted by Gasteiger charge is -2.15. The van der Waals surface area contributed by atoms with Crippen LogP contribution in [0.3, 0.4) is 0 Å². The molecule has 0 saturated heterocycles. The Morgan fingerprint density at radius 2 is 1.66 bits per heavy atom. The van der Waals surface area contributed by atoms with E-state index in [0.29, 0.717) is 11.4 Å². The fourth-order valence-electron chi connectivity index (χ4n) is 3.33. The second kappa shape index (κ2) is 10.3. The summed E-state index contributed by atoms with van der Waals surface area (Å²) in [5.74, 6) is -0.730. The number of carbonyl (C=O) groups is 2. The normalized spacial score (nSPS) is 11.3. The third-order valence-electron chi connectivity index (χ3n) is 5.11. The number of hydrogen-bond donors (Lipinski definition) is 3. The van der Waals surface area contributed by atoms with Gasteiger partial charge in [-0.1, -0.05) is 6.07 Å². The van der Waals surface area contributed by atoms with Crippen molar-refractivity contribution in [2.75, 3.05) is 16.0 Å². The molecule has 2 aromatic carbocycles. The lowest BCUT2D eigenvalue weighted by molar-refractivity contribution is -0.384. The summed E-state index contributed by atoms with van der Waals surface area (Å²) >= 11 is 0. The van der Waals surface area contributed by atoms with Crippen molar-refractivity contribution in [3.63, 3.8) is 0 Å². The summed E-state index contributed by atoms with van der Waals surface area (Å²) in [5.41, 5.74) is 1.88. The van der Waals surface area contributed by atoms with Gasteiger partial charge in [0.25, 0.3) is 17.5 Å². The number of rotatable bonds is 8. The molecule has 0 saturated carbocycles. The largest absolute Gasteiger partial charge is 0.459 e. The summed E-state index contributed by atoms with van der Waals surface area (Å²) in [6, 6.07) is 19.0. The van der Waals surface area contributed by atoms with Gasteiger partial charge in [0, 0.05) is 29.2 Å². The fourth-order valence-corrected chi connectivity index (χ4v) is 3.33. The molecule has 1 atom stereocenters. The van der Waals surface area contributed by atoms with E-state index in [9.17, 15) is 19.7 Å². The van der Waals surface area contributed by atoms with E-state index in [-0.39, 0.29) is 28.7 Å². The molecule has 10 nitrogen and oxygen atoms in total. The first-order valence-corrected chi connectivity index (χ1v) is 10.6. The lowest BCUT2D eigenvalue weighted by Crippen LogP contribution is -2.14. The van der Waals surface area contributed by atoms with Crippen molar-refractivity contribution in [2.24, 2.45) is 0 Å². The van der Waals surface area contributed by atoms with Crippen molar-refractivity contribution in [2.45, 2.75) is 13.0 Å². The summed E-state index contributed by atoms with van der Waals surface area (Å²) in [6.07, 6.45) is 3.05. The first-order chi connectivity index (χ1) is 16.9. The average molecular weight is 471 g/mol. The molecule has 35 heavy (non-hydrogen) atoms. The van der Waals surface area contributed by atoms with Crippen molar-refractivity contribution in [1.82, 2.24) is 4.98 Å². The number of hydrogen-bond acceptors (Lipinski definition) is 7. The van der Waals surface area contributed by atoms with E-state index >= 15 is 0 Å². The molecular formula is C25H21N5O5. The van der Waals surface area contributed by atoms with Crippen molar-refractivity contribution >= 4 is 34.6 Å². The Labute approximate surface area is 200 Å². The van der Waals surface area contributed by atoms with Crippen LogP contribution in [0, 0.1) is 10.1 Å². The van der Waals surface area contributed by atoms with E-state index in [1.807, 2.05) is 19.1 Å². The fraction of sp³-hybridized carbons (Fsp3) is 0.0800. The van der Waals surface area contributed by atoms with Crippen LogP contribution in [0.15, 0.2) is 89.7 Å². The molecule has 3 N–H and O–H groups in total. The molecule has 1 unspecified atom stereocenters. The highest BCUT2D eigenvalue weighted by atomic mass is 16.6. The number of furan rings is 1. The monoisotopic (exact) mass is 471 g/mol. The van der Waals surface area contributed by atoms with Crippen LogP contribution in [-0.4, -0.2) is 21.7 Å². The Morgan fingerprint density at radius 3 is 2.26 bits per heavy atom. The number of nitrogens with zero attached hydrogens (tertiary/aromatic N) is 2. The molecule has 4 aromatic rings. The third kappa shape index (κ3) is 5.69. The van der Waals surface area contributed by atoms with E-state index < -0.39 is 16.7 Å². The van der Waals surface area contributed by atoms with E-state index in [0.717, 1.165) is 5.69 Å². The molecule has 10 heteroatoms. The van der Waals surface area contributed by atoms with E-state index in [2.05, 4.69) is 20.9 Å². The number of nitrogens with one attached hydrogen (secondary N) is 3. The maximum Gasteiger partial charge on any atom is 0.293 e. The van der Waals surface area contributed by atoms with Gasteiger partial charge in [-0.2, -0.15) is 0 Å². The van der Waals surface area contributed by atoms with Crippen LogP contribution in [-0.2, 0) is 0 Å². The molecule has 0 aliphatic heterocycles. The molecular weight excluding hydrogens is 450 g/mol. The van der Waals surface area contributed by atoms with Crippen molar-refractivity contribution in [3.8, 4) is 0 Å². The van der Waals surface area contributed by atoms with Gasteiger partial charge in [0.15, 0.2) is 5.76 Å². The minimum Gasteiger partial charge on any atom is -0.459 e. The number of anilines is 3. The predicted molar refractivity (Wildman–Crippen MR) is 130 cm³/mol. The summed E-state index contributed by atoms with van der Waals surface area (Å²) in [4.78, 5) is 40.1. The Kier molecular flexibility index (Phi) is 6.82. The molecule has 2 heterocycles. The number of benzene rings is 2. The third-order valence-corrected chi connectivity index (χ3v) is 5.11. The number of amides is 2. The number of aromatic nitrogens is 1. The molecule has 0 bridgehead atoms. The van der Waals surface area contributed by atoms with E-state index in [4.69, 9.17) is 4.42 Å². The van der Waals surface area contributed by atoms with Gasteiger partial charge in [0.2, 0.25) is 0 Å².